The van der Waals surface area contributed by atoms with E-state index >= 15 is 0 Å². The largest absolute Gasteiger partial charge is 0.494 e. The summed E-state index contributed by atoms with van der Waals surface area (Å²) in [6.07, 6.45) is 23.8. The van der Waals surface area contributed by atoms with E-state index in [2.05, 4.69) is 57.2 Å². The molecule has 460 valence electrons. The van der Waals surface area contributed by atoms with Crippen LogP contribution in [0.15, 0.2) is 104 Å². The lowest BCUT2D eigenvalue weighted by Gasteiger charge is -2.28. The smallest absolute Gasteiger partial charge is 0.294 e. The number of anilines is 1. The lowest BCUT2D eigenvalue weighted by Crippen LogP contribution is -2.28. The van der Waals surface area contributed by atoms with Gasteiger partial charge in [-0.05, 0) is 137 Å². The van der Waals surface area contributed by atoms with Gasteiger partial charge in [0.1, 0.15) is 6.54 Å². The maximum Gasteiger partial charge on any atom is 0.294 e. The lowest BCUT2D eigenvalue weighted by molar-refractivity contribution is -0.438. The Morgan fingerprint density at radius 1 is 0.735 bits per heavy atom. The van der Waals surface area contributed by atoms with Crippen molar-refractivity contribution in [2.75, 3.05) is 48.8 Å². The van der Waals surface area contributed by atoms with E-state index in [9.17, 15) is 53.9 Å². The van der Waals surface area contributed by atoms with Crippen molar-refractivity contribution in [3.8, 4) is 11.8 Å². The number of fused-ring (bicyclic) bond motifs is 2. The predicted octanol–water partition coefficient (Wildman–Crippen LogP) is 11.3. The van der Waals surface area contributed by atoms with Gasteiger partial charge in [0.15, 0.2) is 11.6 Å². The van der Waals surface area contributed by atoms with E-state index in [1.807, 2.05) is 44.4 Å². The van der Waals surface area contributed by atoms with Gasteiger partial charge in [0, 0.05) is 90.2 Å². The molecular weight excluding hydrogens is 1170 g/mol. The Morgan fingerprint density at radius 3 is 2.06 bits per heavy atom. The zero-order chi connectivity index (χ0) is 60.6. The molecule has 0 atom stereocenters. The summed E-state index contributed by atoms with van der Waals surface area (Å²) >= 11 is 2.23. The number of hydrogen-bond donors (Lipinski definition) is 8. The van der Waals surface area contributed by atoms with Crippen LogP contribution in [0, 0.1) is 0 Å². The van der Waals surface area contributed by atoms with Crippen molar-refractivity contribution in [1.82, 2.24) is 15.2 Å². The van der Waals surface area contributed by atoms with E-state index in [-0.39, 0.29) is 41.2 Å². The average Bonchev–Trinajstić information content (AvgIpc) is 1.97. The Bertz CT molecular complexity index is 3260. The highest BCUT2D eigenvalue weighted by atomic mass is 32.2. The number of carbonyl (C=O) groups excluding carboxylic acids is 1. The summed E-state index contributed by atoms with van der Waals surface area (Å²) in [5.74, 6) is -0.631. The summed E-state index contributed by atoms with van der Waals surface area (Å²) < 4.78 is 109. The van der Waals surface area contributed by atoms with E-state index in [1.165, 1.54) is 28.5 Å². The van der Waals surface area contributed by atoms with Crippen LogP contribution in [-0.4, -0.2) is 119 Å². The maximum atomic E-state index is 12.5. The van der Waals surface area contributed by atoms with Crippen LogP contribution in [0.4, 0.5) is 11.4 Å². The van der Waals surface area contributed by atoms with Gasteiger partial charge in [0.2, 0.25) is 17.5 Å². The van der Waals surface area contributed by atoms with Crippen LogP contribution in [0.1, 0.15) is 154 Å². The minimum absolute atomic E-state index is 0.0298. The van der Waals surface area contributed by atoms with E-state index < -0.39 is 46.9 Å². The molecule has 0 saturated carbocycles. The first-order chi connectivity index (χ1) is 39.3. The third kappa shape index (κ3) is 19.2. The van der Waals surface area contributed by atoms with E-state index in [0.717, 1.165) is 134 Å². The van der Waals surface area contributed by atoms with Gasteiger partial charge >= 0.3 is 0 Å². The summed E-state index contributed by atoms with van der Waals surface area (Å²) in [4.78, 5) is 15.6. The van der Waals surface area contributed by atoms with Crippen molar-refractivity contribution in [2.45, 2.75) is 175 Å². The zero-order valence-electron chi connectivity index (χ0n) is 48.3. The molecule has 3 aromatic rings. The minimum atomic E-state index is -4.52. The number of aromatic hydroxyl groups is 2. The average molecular weight is 1250 g/mol. The molecule has 2 aliphatic heterocycles. The van der Waals surface area contributed by atoms with Crippen LogP contribution in [0.5, 0.6) is 11.8 Å². The Morgan fingerprint density at radius 2 is 1.40 bits per heavy atom. The van der Waals surface area contributed by atoms with Crippen LogP contribution in [0.25, 0.3) is 0 Å². The molecule has 0 spiro atoms. The highest BCUT2D eigenvalue weighted by molar-refractivity contribution is 7.98. The first-order valence-corrected chi connectivity index (χ1v) is 35.1. The molecule has 20 nitrogen and oxygen atoms in total. The van der Waals surface area contributed by atoms with Crippen LogP contribution in [0.2, 0.25) is 0 Å². The van der Waals surface area contributed by atoms with Gasteiger partial charge in [-0.3, -0.25) is 23.0 Å². The molecule has 0 unspecified atom stereocenters. The van der Waals surface area contributed by atoms with Crippen LogP contribution < -0.4 is 15.5 Å². The van der Waals surface area contributed by atoms with E-state index in [4.69, 9.17) is 9.59 Å². The first-order valence-electron chi connectivity index (χ1n) is 28.5. The number of benzene rings is 2. The molecule has 3 aliphatic rings. The Balaban J connectivity index is 1.17. The normalized spacial score (nSPS) is 17.1. The van der Waals surface area contributed by atoms with Crippen molar-refractivity contribution in [3.63, 3.8) is 0 Å². The molecule has 2 aromatic carbocycles. The Kier molecular flexibility index (Phi) is 24.9. The third-order valence-corrected chi connectivity index (χ3v) is 19.4. The second-order valence-corrected chi connectivity index (χ2v) is 28.6. The molecule has 0 bridgehead atoms. The summed E-state index contributed by atoms with van der Waals surface area (Å²) in [5, 5.41) is 39.9. The quantitative estimate of drug-likeness (QED) is 0.00516. The molecule has 0 saturated heterocycles. The van der Waals surface area contributed by atoms with E-state index in [0.29, 0.717) is 73.8 Å². The molecule has 0 fully saturated rings. The van der Waals surface area contributed by atoms with Gasteiger partial charge in [-0.25, -0.2) is 5.26 Å². The van der Waals surface area contributed by atoms with Crippen LogP contribution >= 0.6 is 23.8 Å². The second-order valence-electron chi connectivity index (χ2n) is 22.4. The van der Waals surface area contributed by atoms with Crippen LogP contribution in [0.3, 0.4) is 0 Å². The highest BCUT2D eigenvalue weighted by Crippen LogP contribution is 2.49. The number of nitrogens with one attached hydrogen (secondary N) is 2. The number of carbonyl (C=O) groups is 1. The predicted molar refractivity (Wildman–Crippen MR) is 325 cm³/mol. The van der Waals surface area contributed by atoms with Crippen molar-refractivity contribution in [2.24, 2.45) is 0 Å². The van der Waals surface area contributed by atoms with Gasteiger partial charge < -0.3 is 25.7 Å². The topological polar surface area (TPSA) is 295 Å². The molecule has 83 heavy (non-hydrogen) atoms. The van der Waals surface area contributed by atoms with Gasteiger partial charge in [-0.1, -0.05) is 69.6 Å². The highest BCUT2D eigenvalue weighted by Gasteiger charge is 2.45. The fourth-order valence-electron chi connectivity index (χ4n) is 11.3. The maximum absolute atomic E-state index is 12.5. The lowest BCUT2D eigenvalue weighted by atomic mass is 9.81. The number of unbranched alkanes of at least 4 members (excludes halogenated alkanes) is 10. The number of thioether (sulfide) groups is 1. The molecule has 1 aliphatic carbocycles. The van der Waals surface area contributed by atoms with Gasteiger partial charge in [0.25, 0.3) is 30.4 Å². The second kappa shape index (κ2) is 30.6. The fourth-order valence-corrected chi connectivity index (χ4v) is 13.8. The molecule has 6 rings (SSSR count). The van der Waals surface area contributed by atoms with Crippen molar-refractivity contribution < 1.29 is 73.1 Å². The summed E-state index contributed by atoms with van der Waals surface area (Å²) in [7, 11) is -12.8. The number of hydrogen-bond acceptors (Lipinski definition) is 16. The van der Waals surface area contributed by atoms with Crippen molar-refractivity contribution in [1.29, 1.82) is 0 Å². The molecule has 3 heterocycles. The third-order valence-electron chi connectivity index (χ3n) is 15.7. The standard InChI is InChI=1S/C58H83N5O15S5/c1-57(2)46-39-44(80-78-77-67)26-28-48(46)61(34-16-18-37-81(68,69)70)51(57)30-24-42-21-20-22-43(25-31-52-58(3,4)47-40-45(83(74,75)76)27-29-49(47)62(52)35-17-19-38-82(71,72)73)55(42)60-33-13-11-9-7-6-8-10-12-23-53(64)59-32-14-15-36-63-54(65)41-50(79-5)56(63)66/h24-31,39-41H,6-23,32-38H2,1-5H3,(H7,59,64,65,66,67,68,69,70,71,72,73,74,75,76)/p+1. The summed E-state index contributed by atoms with van der Waals surface area (Å²) in [6.45, 7) is 10.7. The number of rotatable bonds is 35. The molecule has 1 amide bonds. The van der Waals surface area contributed by atoms with Gasteiger partial charge in [-0.15, -0.1) is 16.1 Å². The number of allylic oxidation sites excluding steroid dienone is 7. The van der Waals surface area contributed by atoms with E-state index in [1.54, 1.807) is 12.1 Å². The molecule has 25 heteroatoms. The van der Waals surface area contributed by atoms with Crippen molar-refractivity contribution >= 4 is 77.2 Å². The minimum Gasteiger partial charge on any atom is -0.494 e. The molecule has 8 N–H and O–H groups in total. The number of aromatic nitrogens is 1. The summed E-state index contributed by atoms with van der Waals surface area (Å²) in [5.41, 5.74) is 6.98. The number of amides is 1. The monoisotopic (exact) mass is 1250 g/mol. The summed E-state index contributed by atoms with van der Waals surface area (Å²) in [6, 6.07) is 11.8. The van der Waals surface area contributed by atoms with Crippen molar-refractivity contribution in [3.05, 3.63) is 100 Å². The molecule has 0 radical (unpaired) electrons. The zero-order valence-corrected chi connectivity index (χ0v) is 52.4. The Hall–Kier alpha value is -4.67. The van der Waals surface area contributed by atoms with Gasteiger partial charge in [-0.2, -0.15) is 29.8 Å². The van der Waals surface area contributed by atoms with Crippen LogP contribution in [-0.2, 0) is 61.9 Å². The molecule has 1 aromatic heterocycles. The fraction of sp³-hybridized carbons (Fsp3) is 0.552. The first kappa shape index (κ1) is 67.5. The SMILES string of the molecule is CSc1cc(O)n(CCCCNC(=O)CCCCCCCCCCNC2=C(C=CC3=[N+](CCCCS(=O)(=O)O)c4ccc(SOOO)cc4C3(C)C)CCCC2=CC=C2N(CCCCS(=O)(=O)O)c3ccc(S(=O)(=O)O)cc3C2(C)C)c1O. The van der Waals surface area contributed by atoms with Gasteiger partial charge in [0.05, 0.1) is 38.8 Å². The number of nitrogens with zero attached hydrogens (tertiary/aromatic N) is 3. The Labute approximate surface area is 498 Å². The molecular formula is C58H84N5O15S5+.